The van der Waals surface area contributed by atoms with E-state index >= 15 is 4.39 Å². The number of anilines is 1. The number of carboxylic acid groups (broad SMARTS) is 1. The number of nitrogens with zero attached hydrogens (tertiary/aromatic N) is 1. The fourth-order valence-electron chi connectivity index (χ4n) is 3.49. The molecule has 3 aromatic rings. The molecular formula is C26H25Cl2FN2O5S. The van der Waals surface area contributed by atoms with Crippen molar-refractivity contribution in [2.24, 2.45) is 0 Å². The summed E-state index contributed by atoms with van der Waals surface area (Å²) in [6.45, 7) is 4.30. The molecule has 0 aliphatic heterocycles. The lowest BCUT2D eigenvalue weighted by Gasteiger charge is -2.17. The van der Waals surface area contributed by atoms with E-state index in [4.69, 9.17) is 37.8 Å². The first-order valence-corrected chi connectivity index (χ1v) is 12.9. The molecule has 1 aromatic heterocycles. The zero-order valence-corrected chi connectivity index (χ0v) is 22.6. The van der Waals surface area contributed by atoms with Crippen LogP contribution in [0.25, 0.3) is 17.3 Å². The summed E-state index contributed by atoms with van der Waals surface area (Å²) >= 11 is 13.6. The molecule has 7 nitrogen and oxygen atoms in total. The van der Waals surface area contributed by atoms with E-state index in [-0.39, 0.29) is 31.9 Å². The molecule has 3 rings (SSSR count). The molecule has 0 bridgehead atoms. The van der Waals surface area contributed by atoms with E-state index in [1.807, 2.05) is 6.92 Å². The van der Waals surface area contributed by atoms with Crippen LogP contribution in [0.2, 0.25) is 10.0 Å². The molecule has 0 aliphatic rings. The molecule has 0 fully saturated rings. The topological polar surface area (TPSA) is 97.8 Å². The summed E-state index contributed by atoms with van der Waals surface area (Å²) in [5.74, 6) is -2.09. The summed E-state index contributed by atoms with van der Waals surface area (Å²) < 4.78 is 26.2. The predicted molar refractivity (Wildman–Crippen MR) is 144 cm³/mol. The fourth-order valence-corrected chi connectivity index (χ4v) is 4.79. The highest BCUT2D eigenvalue weighted by atomic mass is 35.5. The Kier molecular flexibility index (Phi) is 10.2. The Hall–Kier alpha value is -2.82. The lowest BCUT2D eigenvalue weighted by Crippen LogP contribution is -2.12. The zero-order chi connectivity index (χ0) is 27.1. The molecule has 11 heteroatoms. The monoisotopic (exact) mass is 566 g/mol. The van der Waals surface area contributed by atoms with Crippen LogP contribution in [0.15, 0.2) is 41.3 Å². The third-order valence-electron chi connectivity index (χ3n) is 5.43. The summed E-state index contributed by atoms with van der Waals surface area (Å²) in [4.78, 5) is 28.3. The number of rotatable bonds is 11. The molecule has 0 saturated carbocycles. The lowest BCUT2D eigenvalue weighted by atomic mass is 10.0. The van der Waals surface area contributed by atoms with E-state index in [9.17, 15) is 9.59 Å². The van der Waals surface area contributed by atoms with Gasteiger partial charge < -0.3 is 14.6 Å². The minimum absolute atomic E-state index is 0.0405. The van der Waals surface area contributed by atoms with Crippen LogP contribution in [-0.4, -0.2) is 42.3 Å². The van der Waals surface area contributed by atoms with Crippen LogP contribution < -0.4 is 5.32 Å². The van der Waals surface area contributed by atoms with Crippen molar-refractivity contribution >= 4 is 57.6 Å². The van der Waals surface area contributed by atoms with Gasteiger partial charge in [-0.05, 0) is 38.1 Å². The van der Waals surface area contributed by atoms with Crippen molar-refractivity contribution in [3.8, 4) is 11.3 Å². The number of hydrogen-bond acceptors (Lipinski definition) is 6. The van der Waals surface area contributed by atoms with Crippen LogP contribution in [-0.2, 0) is 14.3 Å². The highest BCUT2D eigenvalue weighted by Gasteiger charge is 2.20. The molecule has 2 N–H and O–H groups in total. The minimum atomic E-state index is -1.11. The Balaban J connectivity index is 1.80. The molecule has 37 heavy (non-hydrogen) atoms. The SMILES string of the molecule is CCOCCC(OC)c1cccc(-c2csc(NC(=O)c3cc(Cl)c(/C=C(\C)C(=O)O)c(Cl)c3)n2)c1F. The van der Waals surface area contributed by atoms with Gasteiger partial charge in [-0.15, -0.1) is 11.3 Å². The maximum absolute atomic E-state index is 15.4. The van der Waals surface area contributed by atoms with Crippen molar-refractivity contribution in [2.45, 2.75) is 26.4 Å². The summed E-state index contributed by atoms with van der Waals surface area (Å²) in [7, 11) is 1.52. The first-order chi connectivity index (χ1) is 17.7. The second-order valence-electron chi connectivity index (χ2n) is 7.90. The van der Waals surface area contributed by atoms with Crippen molar-refractivity contribution in [3.63, 3.8) is 0 Å². The third kappa shape index (κ3) is 7.15. The quantitative estimate of drug-likeness (QED) is 0.189. The van der Waals surface area contributed by atoms with E-state index < -0.39 is 23.8 Å². The van der Waals surface area contributed by atoms with Crippen LogP contribution in [0.1, 0.15) is 47.9 Å². The number of benzene rings is 2. The molecule has 0 saturated heterocycles. The number of methoxy groups -OCH3 is 1. The molecule has 196 valence electrons. The number of halogens is 3. The summed E-state index contributed by atoms with van der Waals surface area (Å²) in [6.07, 6.45) is 1.35. The molecule has 1 atom stereocenters. The molecule has 1 amide bonds. The first kappa shape index (κ1) is 28.7. The number of carbonyl (C=O) groups excluding carboxylic acids is 1. The number of thiazole rings is 1. The van der Waals surface area contributed by atoms with E-state index in [1.165, 1.54) is 32.2 Å². The van der Waals surface area contributed by atoms with Crippen molar-refractivity contribution in [3.05, 3.63) is 73.8 Å². The standard InChI is InChI=1S/C26H25Cl2FN2O5S/c1-4-36-9-8-22(35-3)17-7-5-6-16(23(17)29)21-13-37-26(30-21)31-24(32)15-11-19(27)18(20(28)12-15)10-14(2)25(33)34/h5-7,10-13,22H,4,8-9H2,1-3H3,(H,33,34)(H,30,31,32)/b14-10+. The van der Waals surface area contributed by atoms with Gasteiger partial charge in [-0.1, -0.05) is 35.3 Å². The molecule has 0 aliphatic carbocycles. The van der Waals surface area contributed by atoms with E-state index in [2.05, 4.69) is 10.3 Å². The molecule has 0 radical (unpaired) electrons. The van der Waals surface area contributed by atoms with Crippen molar-refractivity contribution in [1.29, 1.82) is 0 Å². The van der Waals surface area contributed by atoms with Crippen LogP contribution in [0.5, 0.6) is 0 Å². The van der Waals surface area contributed by atoms with E-state index in [0.29, 0.717) is 36.5 Å². The summed E-state index contributed by atoms with van der Waals surface area (Å²) in [5, 5.41) is 13.9. The van der Waals surface area contributed by atoms with Crippen LogP contribution in [0, 0.1) is 5.82 Å². The normalized spacial score (nSPS) is 12.4. The lowest BCUT2D eigenvalue weighted by molar-refractivity contribution is -0.132. The van der Waals surface area contributed by atoms with Crippen LogP contribution >= 0.6 is 34.5 Å². The van der Waals surface area contributed by atoms with Gasteiger partial charge in [-0.3, -0.25) is 10.1 Å². The van der Waals surface area contributed by atoms with Gasteiger partial charge in [0, 0.05) is 60.0 Å². The number of ether oxygens (including phenoxy) is 2. The van der Waals surface area contributed by atoms with E-state index in [0.717, 1.165) is 11.3 Å². The Morgan fingerprint density at radius 3 is 2.59 bits per heavy atom. The van der Waals surface area contributed by atoms with Gasteiger partial charge in [0.15, 0.2) is 5.13 Å². The molecule has 1 unspecified atom stereocenters. The average molecular weight is 567 g/mol. The van der Waals surface area contributed by atoms with E-state index in [1.54, 1.807) is 23.6 Å². The van der Waals surface area contributed by atoms with Gasteiger partial charge in [-0.25, -0.2) is 14.2 Å². The molecule has 1 heterocycles. The van der Waals surface area contributed by atoms with Gasteiger partial charge in [0.2, 0.25) is 0 Å². The van der Waals surface area contributed by atoms with Crippen molar-refractivity contribution < 1.29 is 28.6 Å². The highest BCUT2D eigenvalue weighted by Crippen LogP contribution is 2.33. The highest BCUT2D eigenvalue weighted by molar-refractivity contribution is 7.14. The van der Waals surface area contributed by atoms with Gasteiger partial charge in [0.1, 0.15) is 5.82 Å². The number of aromatic nitrogens is 1. The summed E-state index contributed by atoms with van der Waals surface area (Å²) in [5.41, 5.74) is 1.53. The first-order valence-electron chi connectivity index (χ1n) is 11.2. The number of hydrogen-bond donors (Lipinski definition) is 2. The Morgan fingerprint density at radius 2 is 1.97 bits per heavy atom. The van der Waals surface area contributed by atoms with Crippen LogP contribution in [0.4, 0.5) is 9.52 Å². The molecule has 0 spiro atoms. The number of aliphatic carboxylic acids is 1. The number of nitrogens with one attached hydrogen (secondary N) is 1. The molecular weight excluding hydrogens is 542 g/mol. The van der Waals surface area contributed by atoms with Gasteiger partial charge >= 0.3 is 5.97 Å². The predicted octanol–water partition coefficient (Wildman–Crippen LogP) is 7.11. The maximum atomic E-state index is 15.4. The molecule has 2 aromatic carbocycles. The third-order valence-corrected chi connectivity index (χ3v) is 6.81. The average Bonchev–Trinajstić information content (AvgIpc) is 3.32. The Morgan fingerprint density at radius 1 is 1.27 bits per heavy atom. The number of carbonyl (C=O) groups is 2. The van der Waals surface area contributed by atoms with Crippen molar-refractivity contribution in [2.75, 3.05) is 25.6 Å². The second-order valence-corrected chi connectivity index (χ2v) is 9.57. The summed E-state index contributed by atoms with van der Waals surface area (Å²) in [6, 6.07) is 7.77. The van der Waals surface area contributed by atoms with Crippen LogP contribution in [0.3, 0.4) is 0 Å². The fraction of sp³-hybridized carbons (Fsp3) is 0.269. The van der Waals surface area contributed by atoms with Gasteiger partial charge in [-0.2, -0.15) is 0 Å². The Bertz CT molecular complexity index is 1310. The zero-order valence-electron chi connectivity index (χ0n) is 20.3. The maximum Gasteiger partial charge on any atom is 0.331 e. The van der Waals surface area contributed by atoms with Crippen molar-refractivity contribution in [1.82, 2.24) is 4.98 Å². The number of carboxylic acids is 1. The Labute approximate surface area is 227 Å². The second kappa shape index (κ2) is 13.1. The van der Waals surface area contributed by atoms with Gasteiger partial charge in [0.05, 0.1) is 21.8 Å². The number of amides is 1. The smallest absolute Gasteiger partial charge is 0.331 e. The minimum Gasteiger partial charge on any atom is -0.478 e. The largest absolute Gasteiger partial charge is 0.478 e. The van der Waals surface area contributed by atoms with Gasteiger partial charge in [0.25, 0.3) is 5.91 Å².